The number of ether oxygens (including phenoxy) is 4. The highest BCUT2D eigenvalue weighted by Gasteiger charge is 2.52. The highest BCUT2D eigenvalue weighted by Crippen LogP contribution is 2.36. The highest BCUT2D eigenvalue weighted by atomic mass is 35.5. The smallest absolute Gasteiger partial charge is 0.332 e. The lowest BCUT2D eigenvalue weighted by molar-refractivity contribution is -0.236. The Kier molecular flexibility index (Phi) is 9.17. The fourth-order valence-corrected chi connectivity index (χ4v) is 4.82. The molecule has 16 heteroatoms. The van der Waals surface area contributed by atoms with E-state index in [2.05, 4.69) is 10.3 Å². The van der Waals surface area contributed by atoms with Crippen molar-refractivity contribution in [1.29, 1.82) is 0 Å². The lowest BCUT2D eigenvalue weighted by atomic mass is 9.95. The average Bonchev–Trinajstić information content (AvgIpc) is 3.16. The molecule has 3 heterocycles. The van der Waals surface area contributed by atoms with E-state index in [1.54, 1.807) is 13.8 Å². The average molecular weight is 572 g/mol. The summed E-state index contributed by atoms with van der Waals surface area (Å²) in [6.45, 7) is 7.62. The van der Waals surface area contributed by atoms with E-state index in [9.17, 15) is 28.8 Å². The minimum absolute atomic E-state index is 0.0324. The molecule has 0 radical (unpaired) electrons. The van der Waals surface area contributed by atoms with Gasteiger partial charge in [-0.3, -0.25) is 37.7 Å². The maximum Gasteiger partial charge on any atom is 0.332 e. The Bertz CT molecular complexity index is 1410. The molecule has 0 saturated carbocycles. The summed E-state index contributed by atoms with van der Waals surface area (Å²) in [5, 5.41) is 2.34. The van der Waals surface area contributed by atoms with E-state index in [1.165, 1.54) is 16.1 Å². The van der Waals surface area contributed by atoms with E-state index in [0.29, 0.717) is 0 Å². The van der Waals surface area contributed by atoms with Crippen LogP contribution in [0.5, 0.6) is 0 Å². The maximum absolute atomic E-state index is 13.5. The van der Waals surface area contributed by atoms with Gasteiger partial charge in [-0.1, -0.05) is 0 Å². The summed E-state index contributed by atoms with van der Waals surface area (Å²) in [5.41, 5.74) is -1.48. The first-order chi connectivity index (χ1) is 18.3. The lowest BCUT2D eigenvalue weighted by Crippen LogP contribution is -2.64. The molecule has 0 bridgehead atoms. The van der Waals surface area contributed by atoms with Gasteiger partial charge in [0.05, 0.1) is 0 Å². The topological polar surface area (TPSA) is 179 Å². The number of carbonyl (C=O) groups is 4. The molecule has 1 aliphatic heterocycles. The Labute approximate surface area is 226 Å². The Morgan fingerprint density at radius 2 is 1.54 bits per heavy atom. The van der Waals surface area contributed by atoms with Crippen molar-refractivity contribution in [3.8, 4) is 0 Å². The largest absolute Gasteiger partial charge is 0.463 e. The zero-order valence-corrected chi connectivity index (χ0v) is 23.0. The van der Waals surface area contributed by atoms with Crippen molar-refractivity contribution in [3.05, 3.63) is 26.1 Å². The van der Waals surface area contributed by atoms with Crippen LogP contribution in [0.3, 0.4) is 0 Å². The zero-order chi connectivity index (χ0) is 29.2. The van der Waals surface area contributed by atoms with Crippen molar-refractivity contribution in [1.82, 2.24) is 24.0 Å². The van der Waals surface area contributed by atoms with Gasteiger partial charge in [0.1, 0.15) is 18.8 Å². The fraction of sp³-hybridized carbons (Fsp3) is 0.609. The number of amides is 1. The first-order valence-corrected chi connectivity index (χ1v) is 12.5. The number of imidazole rings is 1. The third-order valence-corrected chi connectivity index (χ3v) is 6.26. The number of hydrogen-bond donors (Lipinski definition) is 1. The van der Waals surface area contributed by atoms with Gasteiger partial charge in [0.15, 0.2) is 29.6 Å². The van der Waals surface area contributed by atoms with E-state index in [-0.39, 0.29) is 29.5 Å². The molecule has 1 fully saturated rings. The molecule has 1 saturated heterocycles. The van der Waals surface area contributed by atoms with E-state index in [1.807, 2.05) is 0 Å². The summed E-state index contributed by atoms with van der Waals surface area (Å²) in [5.74, 6) is -2.80. The van der Waals surface area contributed by atoms with Crippen LogP contribution in [-0.4, -0.2) is 73.5 Å². The molecule has 0 aliphatic carbocycles. The molecule has 0 unspecified atom stereocenters. The van der Waals surface area contributed by atoms with Crippen LogP contribution >= 0.6 is 11.6 Å². The predicted octanol–water partition coefficient (Wildman–Crippen LogP) is -0.118. The Balaban J connectivity index is 2.35. The number of fused-ring (bicyclic) bond motifs is 1. The van der Waals surface area contributed by atoms with E-state index >= 15 is 0 Å². The minimum atomic E-state index is -1.40. The van der Waals surface area contributed by atoms with Crippen LogP contribution in [0.1, 0.15) is 47.8 Å². The summed E-state index contributed by atoms with van der Waals surface area (Å²) >= 11 is 6.52. The van der Waals surface area contributed by atoms with Crippen molar-refractivity contribution in [3.63, 3.8) is 0 Å². The summed E-state index contributed by atoms with van der Waals surface area (Å²) < 4.78 is 25.6. The van der Waals surface area contributed by atoms with Crippen LogP contribution in [0.15, 0.2) is 9.59 Å². The number of nitrogens with zero attached hydrogens (tertiary/aromatic N) is 4. The molecular weight excluding hydrogens is 542 g/mol. The van der Waals surface area contributed by atoms with Gasteiger partial charge in [-0.2, -0.15) is 4.98 Å². The summed E-state index contributed by atoms with van der Waals surface area (Å²) in [6, 6.07) is -1.28. The van der Waals surface area contributed by atoms with Gasteiger partial charge in [-0.05, 0) is 25.4 Å². The number of carbonyl (C=O) groups excluding carboxylic acids is 4. The molecule has 1 amide bonds. The molecule has 3 rings (SSSR count). The third-order valence-electron chi connectivity index (χ3n) is 5.99. The van der Waals surface area contributed by atoms with Crippen LogP contribution in [-0.2, 0) is 51.2 Å². The SMILES string of the molecule is CCn1c(=O)c2c(nc(Cl)n2[C@H]2O[C@@H](COC(C)=O)[C@@H](OC(C)=O)[C@@H](OC(C)=O)[C@@H]2NC(C)=O)n(CC)c1=O. The number of rotatable bonds is 8. The molecular formula is C23H30ClN5O10. The van der Waals surface area contributed by atoms with Crippen molar-refractivity contribution in [2.75, 3.05) is 6.61 Å². The van der Waals surface area contributed by atoms with Crippen LogP contribution in [0.4, 0.5) is 0 Å². The predicted molar refractivity (Wildman–Crippen MR) is 134 cm³/mol. The van der Waals surface area contributed by atoms with Gasteiger partial charge in [0.2, 0.25) is 11.2 Å². The molecule has 2 aromatic rings. The molecule has 214 valence electrons. The molecule has 0 aromatic carbocycles. The Morgan fingerprint density at radius 3 is 2.05 bits per heavy atom. The quantitative estimate of drug-likeness (QED) is 0.253. The molecule has 0 spiro atoms. The molecule has 2 aromatic heterocycles. The first-order valence-electron chi connectivity index (χ1n) is 12.1. The fourth-order valence-electron chi connectivity index (χ4n) is 4.56. The first kappa shape index (κ1) is 29.8. The number of nitrogens with one attached hydrogen (secondary N) is 1. The number of hydrogen-bond acceptors (Lipinski definition) is 11. The molecule has 1 N–H and O–H groups in total. The van der Waals surface area contributed by atoms with Crippen molar-refractivity contribution in [2.45, 2.75) is 85.2 Å². The maximum atomic E-state index is 13.5. The lowest BCUT2D eigenvalue weighted by Gasteiger charge is -2.45. The second-order valence-corrected chi connectivity index (χ2v) is 9.08. The van der Waals surface area contributed by atoms with Crippen LogP contribution in [0, 0.1) is 0 Å². The molecule has 39 heavy (non-hydrogen) atoms. The van der Waals surface area contributed by atoms with Gasteiger partial charge in [-0.25, -0.2) is 4.79 Å². The normalized spacial score (nSPS) is 22.8. The van der Waals surface area contributed by atoms with Crippen molar-refractivity contribution >= 4 is 46.6 Å². The molecule has 5 atom stereocenters. The molecule has 1 aliphatic rings. The highest BCUT2D eigenvalue weighted by molar-refractivity contribution is 6.29. The monoisotopic (exact) mass is 571 g/mol. The standard InChI is InChI=1S/C23H30ClN5O10/c1-7-27-19-16(20(34)28(8-2)23(27)35)29(22(24)26-19)21-15(25-10(3)30)18(38-13(6)33)17(37-12(5)32)14(39-21)9-36-11(4)31/h14-15,17-18,21H,7-9H2,1-6H3,(H,25,30)/t14-,15-,17+,18-,21-/m0/s1. The number of halogens is 1. The Morgan fingerprint density at radius 1 is 0.949 bits per heavy atom. The van der Waals surface area contributed by atoms with E-state index in [4.69, 9.17) is 30.5 Å². The summed E-state index contributed by atoms with van der Waals surface area (Å²) in [6.07, 6.45) is -5.36. The van der Waals surface area contributed by atoms with Crippen LogP contribution in [0.25, 0.3) is 11.2 Å². The molecule has 15 nitrogen and oxygen atoms in total. The van der Waals surface area contributed by atoms with Gasteiger partial charge in [0, 0.05) is 40.8 Å². The number of esters is 3. The number of aromatic nitrogens is 4. The number of aryl methyl sites for hydroxylation is 1. The third kappa shape index (κ3) is 5.98. The summed E-state index contributed by atoms with van der Waals surface area (Å²) in [4.78, 5) is 78.6. The van der Waals surface area contributed by atoms with Gasteiger partial charge in [0.25, 0.3) is 5.56 Å². The van der Waals surface area contributed by atoms with E-state index < -0.39 is 72.3 Å². The van der Waals surface area contributed by atoms with Crippen LogP contribution in [0.2, 0.25) is 5.28 Å². The second kappa shape index (κ2) is 12.0. The van der Waals surface area contributed by atoms with Crippen molar-refractivity contribution < 1.29 is 38.1 Å². The van der Waals surface area contributed by atoms with Gasteiger partial charge >= 0.3 is 23.6 Å². The minimum Gasteiger partial charge on any atom is -0.463 e. The zero-order valence-electron chi connectivity index (χ0n) is 22.3. The second-order valence-electron chi connectivity index (χ2n) is 8.74. The van der Waals surface area contributed by atoms with Crippen LogP contribution < -0.4 is 16.6 Å². The van der Waals surface area contributed by atoms with Gasteiger partial charge < -0.3 is 24.3 Å². The van der Waals surface area contributed by atoms with Crippen molar-refractivity contribution in [2.24, 2.45) is 0 Å². The van der Waals surface area contributed by atoms with E-state index in [0.717, 1.165) is 25.3 Å². The summed E-state index contributed by atoms with van der Waals surface area (Å²) in [7, 11) is 0. The van der Waals surface area contributed by atoms with Gasteiger partial charge in [-0.15, -0.1) is 0 Å². The Hall–Kier alpha value is -3.72.